The Morgan fingerprint density at radius 2 is 2.00 bits per heavy atom. The van der Waals surface area contributed by atoms with Crippen LogP contribution in [0.2, 0.25) is 0 Å². The van der Waals surface area contributed by atoms with Gasteiger partial charge in [-0.05, 0) is 17.7 Å². The number of aliphatic imine (C=N–C) groups is 1. The lowest BCUT2D eigenvalue weighted by atomic mass is 10.2. The second-order valence-corrected chi connectivity index (χ2v) is 5.87. The molecule has 1 aromatic carbocycles. The standard InChI is InChI=1S/C17H29N5O.HI/c1-18-17(19-7-8-22-9-11-23-12-10-22)20-14-15-5-4-6-16(13-15)21(2)3;/h4-6,13H,7-12,14H2,1-3H3,(H2,18,19,20);1H. The van der Waals surface area contributed by atoms with Crippen molar-refractivity contribution in [2.24, 2.45) is 4.99 Å². The lowest BCUT2D eigenvalue weighted by molar-refractivity contribution is 0.0389. The molecule has 1 saturated heterocycles. The van der Waals surface area contributed by atoms with Crippen molar-refractivity contribution in [2.75, 3.05) is 65.4 Å². The van der Waals surface area contributed by atoms with Crippen LogP contribution in [0.3, 0.4) is 0 Å². The van der Waals surface area contributed by atoms with E-state index in [1.807, 2.05) is 0 Å². The smallest absolute Gasteiger partial charge is 0.191 e. The number of anilines is 1. The molecule has 0 unspecified atom stereocenters. The van der Waals surface area contributed by atoms with E-state index in [0.717, 1.165) is 51.9 Å². The summed E-state index contributed by atoms with van der Waals surface area (Å²) in [6, 6.07) is 8.51. The summed E-state index contributed by atoms with van der Waals surface area (Å²) in [6.07, 6.45) is 0. The summed E-state index contributed by atoms with van der Waals surface area (Å²) in [5, 5.41) is 6.74. The van der Waals surface area contributed by atoms with Crippen LogP contribution in [0.4, 0.5) is 5.69 Å². The van der Waals surface area contributed by atoms with Crippen LogP contribution in [0.15, 0.2) is 29.3 Å². The van der Waals surface area contributed by atoms with Crippen molar-refractivity contribution >= 4 is 35.6 Å². The van der Waals surface area contributed by atoms with Gasteiger partial charge in [0.15, 0.2) is 5.96 Å². The highest BCUT2D eigenvalue weighted by molar-refractivity contribution is 14.0. The van der Waals surface area contributed by atoms with E-state index in [0.29, 0.717) is 0 Å². The van der Waals surface area contributed by atoms with Crippen LogP contribution in [-0.4, -0.2) is 71.4 Å². The van der Waals surface area contributed by atoms with Gasteiger partial charge in [0, 0.05) is 59.6 Å². The molecule has 0 atom stereocenters. The molecule has 2 rings (SSSR count). The van der Waals surface area contributed by atoms with Crippen LogP contribution in [0.5, 0.6) is 0 Å². The SMILES string of the molecule is CN=C(NCCN1CCOCC1)NCc1cccc(N(C)C)c1.I. The maximum atomic E-state index is 5.36. The first kappa shape index (κ1) is 21.0. The zero-order chi connectivity index (χ0) is 16.5. The Morgan fingerprint density at radius 1 is 1.25 bits per heavy atom. The van der Waals surface area contributed by atoms with E-state index in [2.05, 4.69) is 63.8 Å². The van der Waals surface area contributed by atoms with E-state index in [1.165, 1.54) is 11.3 Å². The highest BCUT2D eigenvalue weighted by Crippen LogP contribution is 2.12. The van der Waals surface area contributed by atoms with Crippen LogP contribution in [-0.2, 0) is 11.3 Å². The van der Waals surface area contributed by atoms with Gasteiger partial charge in [0.2, 0.25) is 0 Å². The minimum atomic E-state index is 0. The summed E-state index contributed by atoms with van der Waals surface area (Å²) in [5.74, 6) is 0.841. The van der Waals surface area contributed by atoms with Crippen molar-refractivity contribution in [3.05, 3.63) is 29.8 Å². The van der Waals surface area contributed by atoms with Gasteiger partial charge in [-0.1, -0.05) is 12.1 Å². The van der Waals surface area contributed by atoms with E-state index in [1.54, 1.807) is 7.05 Å². The number of guanidine groups is 1. The molecule has 136 valence electrons. The molecule has 0 bridgehead atoms. The van der Waals surface area contributed by atoms with Crippen molar-refractivity contribution in [3.8, 4) is 0 Å². The Labute approximate surface area is 162 Å². The zero-order valence-corrected chi connectivity index (χ0v) is 17.2. The minimum absolute atomic E-state index is 0. The number of ether oxygens (including phenoxy) is 1. The maximum Gasteiger partial charge on any atom is 0.191 e. The lowest BCUT2D eigenvalue weighted by Gasteiger charge is -2.26. The molecule has 0 amide bonds. The number of nitrogens with zero attached hydrogens (tertiary/aromatic N) is 3. The summed E-state index contributed by atoms with van der Waals surface area (Å²) in [5.41, 5.74) is 2.45. The molecule has 0 radical (unpaired) electrons. The van der Waals surface area contributed by atoms with Crippen LogP contribution >= 0.6 is 24.0 Å². The molecular formula is C17H30IN5O. The average molecular weight is 447 g/mol. The van der Waals surface area contributed by atoms with Gasteiger partial charge < -0.3 is 20.3 Å². The molecule has 1 aliphatic heterocycles. The van der Waals surface area contributed by atoms with E-state index >= 15 is 0 Å². The Kier molecular flexibility index (Phi) is 10.0. The second-order valence-electron chi connectivity index (χ2n) is 5.87. The monoisotopic (exact) mass is 447 g/mol. The molecular weight excluding hydrogens is 417 g/mol. The number of benzene rings is 1. The fourth-order valence-electron chi connectivity index (χ4n) is 2.51. The summed E-state index contributed by atoms with van der Waals surface area (Å²) < 4.78 is 5.36. The zero-order valence-electron chi connectivity index (χ0n) is 14.9. The van der Waals surface area contributed by atoms with Gasteiger partial charge in [0.1, 0.15) is 0 Å². The van der Waals surface area contributed by atoms with Gasteiger partial charge in [0.05, 0.1) is 13.2 Å². The summed E-state index contributed by atoms with van der Waals surface area (Å²) in [7, 11) is 5.91. The van der Waals surface area contributed by atoms with Crippen LogP contribution < -0.4 is 15.5 Å². The minimum Gasteiger partial charge on any atom is -0.379 e. The molecule has 0 aliphatic carbocycles. The van der Waals surface area contributed by atoms with Gasteiger partial charge in [-0.3, -0.25) is 9.89 Å². The van der Waals surface area contributed by atoms with Crippen molar-refractivity contribution in [1.29, 1.82) is 0 Å². The number of nitrogens with one attached hydrogen (secondary N) is 2. The van der Waals surface area contributed by atoms with Crippen molar-refractivity contribution in [3.63, 3.8) is 0 Å². The van der Waals surface area contributed by atoms with Gasteiger partial charge >= 0.3 is 0 Å². The number of hydrogen-bond donors (Lipinski definition) is 2. The van der Waals surface area contributed by atoms with Gasteiger partial charge in [-0.2, -0.15) is 0 Å². The summed E-state index contributed by atoms with van der Waals surface area (Å²) in [6.45, 7) is 6.39. The Hall–Kier alpha value is -1.06. The van der Waals surface area contributed by atoms with E-state index < -0.39 is 0 Å². The van der Waals surface area contributed by atoms with Crippen molar-refractivity contribution < 1.29 is 4.74 Å². The first-order chi connectivity index (χ1) is 11.2. The third-order valence-electron chi connectivity index (χ3n) is 3.93. The number of rotatable bonds is 6. The lowest BCUT2D eigenvalue weighted by Crippen LogP contribution is -2.44. The normalized spacial score (nSPS) is 15.5. The fraction of sp³-hybridized carbons (Fsp3) is 0.588. The fourth-order valence-corrected chi connectivity index (χ4v) is 2.51. The Morgan fingerprint density at radius 3 is 2.67 bits per heavy atom. The average Bonchev–Trinajstić information content (AvgIpc) is 2.59. The second kappa shape index (κ2) is 11.5. The predicted octanol–water partition coefficient (Wildman–Crippen LogP) is 1.37. The molecule has 1 heterocycles. The number of hydrogen-bond acceptors (Lipinski definition) is 4. The summed E-state index contributed by atoms with van der Waals surface area (Å²) in [4.78, 5) is 8.80. The van der Waals surface area contributed by atoms with Crippen LogP contribution in [0.1, 0.15) is 5.56 Å². The Balaban J connectivity index is 0.00000288. The van der Waals surface area contributed by atoms with Crippen LogP contribution in [0.25, 0.3) is 0 Å². The largest absolute Gasteiger partial charge is 0.379 e. The molecule has 1 aliphatic rings. The van der Waals surface area contributed by atoms with Crippen LogP contribution in [0, 0.1) is 0 Å². The van der Waals surface area contributed by atoms with Gasteiger partial charge in [-0.15, -0.1) is 24.0 Å². The third kappa shape index (κ3) is 7.23. The molecule has 1 aromatic rings. The van der Waals surface area contributed by atoms with Crippen molar-refractivity contribution in [1.82, 2.24) is 15.5 Å². The molecule has 2 N–H and O–H groups in total. The highest BCUT2D eigenvalue weighted by atomic mass is 127. The Bertz CT molecular complexity index is 504. The first-order valence-electron chi connectivity index (χ1n) is 8.20. The number of halogens is 1. The molecule has 1 fully saturated rings. The topological polar surface area (TPSA) is 52.1 Å². The first-order valence-corrected chi connectivity index (χ1v) is 8.20. The quantitative estimate of drug-likeness (QED) is 0.392. The molecule has 0 spiro atoms. The molecule has 0 aromatic heterocycles. The van der Waals surface area contributed by atoms with Gasteiger partial charge in [-0.25, -0.2) is 0 Å². The van der Waals surface area contributed by atoms with Gasteiger partial charge in [0.25, 0.3) is 0 Å². The van der Waals surface area contributed by atoms with Crippen molar-refractivity contribution in [2.45, 2.75) is 6.54 Å². The maximum absolute atomic E-state index is 5.36. The third-order valence-corrected chi connectivity index (χ3v) is 3.93. The predicted molar refractivity (Wildman–Crippen MR) is 112 cm³/mol. The molecule has 0 saturated carbocycles. The molecule has 6 nitrogen and oxygen atoms in total. The van der Waals surface area contributed by atoms with E-state index in [4.69, 9.17) is 4.74 Å². The van der Waals surface area contributed by atoms with E-state index in [-0.39, 0.29) is 24.0 Å². The number of morpholine rings is 1. The summed E-state index contributed by atoms with van der Waals surface area (Å²) >= 11 is 0. The molecule has 7 heteroatoms. The van der Waals surface area contributed by atoms with E-state index in [9.17, 15) is 0 Å². The highest BCUT2D eigenvalue weighted by Gasteiger charge is 2.09. The molecule has 24 heavy (non-hydrogen) atoms.